The highest BCUT2D eigenvalue weighted by molar-refractivity contribution is 5.77. The van der Waals surface area contributed by atoms with Crippen LogP contribution in [0.4, 0.5) is 0 Å². The number of aliphatic imine (C=N–C) groups is 1. The molecule has 1 saturated heterocycles. The molecule has 0 spiro atoms. The van der Waals surface area contributed by atoms with Crippen LogP contribution in [-0.4, -0.2) is 56.0 Å². The summed E-state index contributed by atoms with van der Waals surface area (Å²) in [6.07, 6.45) is 1.28. The highest BCUT2D eigenvalue weighted by Crippen LogP contribution is 2.14. The van der Waals surface area contributed by atoms with E-state index in [1.165, 1.54) is 19.5 Å². The first-order valence-electron chi connectivity index (χ1n) is 6.18. The molecule has 4 heteroatoms. The average Bonchev–Trinajstić information content (AvgIpc) is 2.60. The number of likely N-dealkylation sites (tertiary alicyclic amines) is 1. The molecule has 0 bridgehead atoms. The summed E-state index contributed by atoms with van der Waals surface area (Å²) in [5.41, 5.74) is 5.94. The molecule has 1 heterocycles. The quantitative estimate of drug-likeness (QED) is 0.571. The molecule has 0 aromatic carbocycles. The normalized spacial score (nSPS) is 23.1. The maximum Gasteiger partial charge on any atom is 0.191 e. The van der Waals surface area contributed by atoms with Gasteiger partial charge >= 0.3 is 0 Å². The first-order chi connectivity index (χ1) is 7.49. The molecule has 0 radical (unpaired) electrons. The van der Waals surface area contributed by atoms with Gasteiger partial charge in [-0.25, -0.2) is 0 Å². The molecule has 2 N–H and O–H groups in total. The van der Waals surface area contributed by atoms with Gasteiger partial charge in [-0.15, -0.1) is 0 Å². The van der Waals surface area contributed by atoms with E-state index >= 15 is 0 Å². The van der Waals surface area contributed by atoms with Gasteiger partial charge in [0.2, 0.25) is 0 Å². The SMILES string of the molecule is CC(C)CN=C(N)N(C)CC1CCN(C)C1. The van der Waals surface area contributed by atoms with E-state index < -0.39 is 0 Å². The van der Waals surface area contributed by atoms with Crippen molar-refractivity contribution in [3.05, 3.63) is 0 Å². The molecule has 0 aromatic heterocycles. The van der Waals surface area contributed by atoms with Crippen LogP contribution in [0.15, 0.2) is 4.99 Å². The standard InChI is InChI=1S/C12H26N4/c1-10(2)7-14-12(13)16(4)9-11-5-6-15(3)8-11/h10-11H,5-9H2,1-4H3,(H2,13,14). The van der Waals surface area contributed by atoms with Gasteiger partial charge in [0.15, 0.2) is 5.96 Å². The summed E-state index contributed by atoms with van der Waals surface area (Å²) in [6.45, 7) is 8.55. The maximum absolute atomic E-state index is 5.94. The summed E-state index contributed by atoms with van der Waals surface area (Å²) in [4.78, 5) is 8.86. The first kappa shape index (κ1) is 13.3. The fraction of sp³-hybridized carbons (Fsp3) is 0.917. The largest absolute Gasteiger partial charge is 0.370 e. The molecule has 0 aliphatic carbocycles. The van der Waals surface area contributed by atoms with E-state index in [0.717, 1.165) is 19.0 Å². The zero-order valence-electron chi connectivity index (χ0n) is 11.1. The Bertz CT molecular complexity index is 237. The number of guanidine groups is 1. The van der Waals surface area contributed by atoms with Gasteiger partial charge < -0.3 is 15.5 Å². The summed E-state index contributed by atoms with van der Waals surface area (Å²) < 4.78 is 0. The summed E-state index contributed by atoms with van der Waals surface area (Å²) in [6, 6.07) is 0. The summed E-state index contributed by atoms with van der Waals surface area (Å²) in [7, 11) is 4.22. The van der Waals surface area contributed by atoms with Crippen LogP contribution in [-0.2, 0) is 0 Å². The van der Waals surface area contributed by atoms with Crippen LogP contribution < -0.4 is 5.73 Å². The van der Waals surface area contributed by atoms with Crippen LogP contribution in [0.1, 0.15) is 20.3 Å². The molecule has 16 heavy (non-hydrogen) atoms. The van der Waals surface area contributed by atoms with Crippen molar-refractivity contribution in [2.24, 2.45) is 22.6 Å². The van der Waals surface area contributed by atoms with Gasteiger partial charge in [0, 0.05) is 26.7 Å². The minimum absolute atomic E-state index is 0.574. The van der Waals surface area contributed by atoms with E-state index in [9.17, 15) is 0 Å². The topological polar surface area (TPSA) is 44.9 Å². The third-order valence-corrected chi connectivity index (χ3v) is 3.03. The van der Waals surface area contributed by atoms with Crippen LogP contribution >= 0.6 is 0 Å². The van der Waals surface area contributed by atoms with Gasteiger partial charge in [0.1, 0.15) is 0 Å². The van der Waals surface area contributed by atoms with Crippen LogP contribution in [0.2, 0.25) is 0 Å². The van der Waals surface area contributed by atoms with E-state index in [1.807, 2.05) is 7.05 Å². The fourth-order valence-electron chi connectivity index (χ4n) is 2.05. The second-order valence-corrected chi connectivity index (χ2v) is 5.39. The lowest BCUT2D eigenvalue weighted by Gasteiger charge is -2.22. The lowest BCUT2D eigenvalue weighted by Crippen LogP contribution is -2.38. The van der Waals surface area contributed by atoms with Gasteiger partial charge in [-0.05, 0) is 31.8 Å². The molecule has 0 amide bonds. The van der Waals surface area contributed by atoms with Gasteiger partial charge in [-0.2, -0.15) is 0 Å². The molecule has 1 unspecified atom stereocenters. The van der Waals surface area contributed by atoms with Gasteiger partial charge in [-0.3, -0.25) is 4.99 Å². The molecule has 1 atom stereocenters. The summed E-state index contributed by atoms with van der Waals surface area (Å²) in [5.74, 6) is 2.00. The summed E-state index contributed by atoms with van der Waals surface area (Å²) >= 11 is 0. The van der Waals surface area contributed by atoms with Crippen molar-refractivity contribution in [2.75, 3.05) is 40.3 Å². The van der Waals surface area contributed by atoms with Crippen molar-refractivity contribution in [1.29, 1.82) is 0 Å². The van der Waals surface area contributed by atoms with E-state index in [-0.39, 0.29) is 0 Å². The van der Waals surface area contributed by atoms with Crippen molar-refractivity contribution in [2.45, 2.75) is 20.3 Å². The van der Waals surface area contributed by atoms with E-state index in [4.69, 9.17) is 5.73 Å². The Morgan fingerprint density at radius 2 is 2.25 bits per heavy atom. The predicted molar refractivity (Wildman–Crippen MR) is 69.6 cm³/mol. The van der Waals surface area contributed by atoms with Crippen molar-refractivity contribution >= 4 is 5.96 Å². The summed E-state index contributed by atoms with van der Waals surface area (Å²) in [5, 5.41) is 0. The number of hydrogen-bond acceptors (Lipinski definition) is 2. The third-order valence-electron chi connectivity index (χ3n) is 3.03. The second kappa shape index (κ2) is 6.09. The lowest BCUT2D eigenvalue weighted by molar-refractivity contribution is 0.353. The minimum atomic E-state index is 0.574. The monoisotopic (exact) mass is 226 g/mol. The molecular formula is C12H26N4. The number of nitrogens with zero attached hydrogens (tertiary/aromatic N) is 3. The highest BCUT2D eigenvalue weighted by Gasteiger charge is 2.21. The number of rotatable bonds is 4. The molecular weight excluding hydrogens is 200 g/mol. The van der Waals surface area contributed by atoms with Crippen molar-refractivity contribution in [3.8, 4) is 0 Å². The Kier molecular flexibility index (Phi) is 5.06. The highest BCUT2D eigenvalue weighted by atomic mass is 15.2. The van der Waals surface area contributed by atoms with Crippen molar-refractivity contribution < 1.29 is 0 Å². The Morgan fingerprint density at radius 1 is 1.56 bits per heavy atom. The first-order valence-corrected chi connectivity index (χ1v) is 6.18. The van der Waals surface area contributed by atoms with Gasteiger partial charge in [-0.1, -0.05) is 13.8 Å². The molecule has 1 aliphatic heterocycles. The zero-order chi connectivity index (χ0) is 12.1. The molecule has 1 aliphatic rings. The Morgan fingerprint density at radius 3 is 2.75 bits per heavy atom. The van der Waals surface area contributed by atoms with Gasteiger partial charge in [0.25, 0.3) is 0 Å². The number of nitrogens with two attached hydrogens (primary N) is 1. The maximum atomic E-state index is 5.94. The molecule has 94 valence electrons. The van der Waals surface area contributed by atoms with Crippen LogP contribution in [0.3, 0.4) is 0 Å². The molecule has 1 fully saturated rings. The third kappa shape index (κ3) is 4.39. The van der Waals surface area contributed by atoms with Crippen molar-refractivity contribution in [1.82, 2.24) is 9.80 Å². The van der Waals surface area contributed by atoms with Crippen molar-refractivity contribution in [3.63, 3.8) is 0 Å². The van der Waals surface area contributed by atoms with Gasteiger partial charge in [0.05, 0.1) is 0 Å². The second-order valence-electron chi connectivity index (χ2n) is 5.39. The Hall–Kier alpha value is -0.770. The molecule has 4 nitrogen and oxygen atoms in total. The Balaban J connectivity index is 2.33. The minimum Gasteiger partial charge on any atom is -0.370 e. The van der Waals surface area contributed by atoms with Crippen LogP contribution in [0, 0.1) is 11.8 Å². The van der Waals surface area contributed by atoms with Crippen LogP contribution in [0.5, 0.6) is 0 Å². The van der Waals surface area contributed by atoms with E-state index in [1.54, 1.807) is 0 Å². The Labute approximate surface area is 99.5 Å². The molecule has 1 rings (SSSR count). The lowest BCUT2D eigenvalue weighted by atomic mass is 10.1. The fourth-order valence-corrected chi connectivity index (χ4v) is 2.05. The smallest absolute Gasteiger partial charge is 0.191 e. The van der Waals surface area contributed by atoms with E-state index in [2.05, 4.69) is 35.7 Å². The predicted octanol–water partition coefficient (Wildman–Crippen LogP) is 0.841. The van der Waals surface area contributed by atoms with Crippen LogP contribution in [0.25, 0.3) is 0 Å². The zero-order valence-corrected chi connectivity index (χ0v) is 11.1. The molecule has 0 aromatic rings. The molecule has 0 saturated carbocycles. The van der Waals surface area contributed by atoms with E-state index in [0.29, 0.717) is 11.9 Å². The average molecular weight is 226 g/mol. The number of hydrogen-bond donors (Lipinski definition) is 1.